The van der Waals surface area contributed by atoms with Gasteiger partial charge in [0.25, 0.3) is 0 Å². The van der Waals surface area contributed by atoms with Crippen LogP contribution in [0.2, 0.25) is 0 Å². The lowest BCUT2D eigenvalue weighted by Crippen LogP contribution is -2.03. The Morgan fingerprint density at radius 3 is 2.11 bits per heavy atom. The fraction of sp³-hybridized carbons (Fsp3) is 0.0476. The van der Waals surface area contributed by atoms with E-state index in [4.69, 9.17) is 9.15 Å². The quantitative estimate of drug-likeness (QED) is 0.441. The Balaban J connectivity index is 1.59. The number of alkyl halides is 3. The zero-order chi connectivity index (χ0) is 19.0. The molecule has 1 heterocycles. The molecule has 0 amide bonds. The summed E-state index contributed by atoms with van der Waals surface area (Å²) in [6, 6.07) is 18.2. The lowest BCUT2D eigenvalue weighted by molar-refractivity contribution is -0.137. The van der Waals surface area contributed by atoms with E-state index in [1.165, 1.54) is 12.1 Å². The number of hydrogen-bond acceptors (Lipinski definition) is 3. The molecule has 3 nitrogen and oxygen atoms in total. The fourth-order valence-corrected chi connectivity index (χ4v) is 2.70. The van der Waals surface area contributed by atoms with Crippen LogP contribution in [0, 0.1) is 0 Å². The van der Waals surface area contributed by atoms with Crippen molar-refractivity contribution in [1.29, 1.82) is 0 Å². The highest BCUT2D eigenvalue weighted by atomic mass is 19.4. The largest absolute Gasteiger partial charge is 0.508 e. The van der Waals surface area contributed by atoms with Gasteiger partial charge in [-0.05, 0) is 72.8 Å². The van der Waals surface area contributed by atoms with Crippen LogP contribution < -0.4 is 4.74 Å². The Morgan fingerprint density at radius 1 is 0.778 bits per heavy atom. The number of aromatic hydroxyl groups is 1. The third-order valence-electron chi connectivity index (χ3n) is 4.06. The lowest BCUT2D eigenvalue weighted by Gasteiger charge is -2.09. The van der Waals surface area contributed by atoms with E-state index in [0.717, 1.165) is 23.1 Å². The molecule has 0 radical (unpaired) electrons. The Bertz CT molecular complexity index is 1080. The molecule has 3 aromatic carbocycles. The molecular formula is C21H13F3O3. The first-order chi connectivity index (χ1) is 12.9. The highest BCUT2D eigenvalue weighted by Crippen LogP contribution is 2.34. The zero-order valence-corrected chi connectivity index (χ0v) is 13.8. The van der Waals surface area contributed by atoms with Gasteiger partial charge in [-0.3, -0.25) is 0 Å². The van der Waals surface area contributed by atoms with Crippen LogP contribution in [0.15, 0.2) is 77.2 Å². The van der Waals surface area contributed by atoms with Crippen molar-refractivity contribution >= 4 is 11.0 Å². The van der Waals surface area contributed by atoms with Gasteiger partial charge in [0.2, 0.25) is 0 Å². The molecule has 0 aliphatic carbocycles. The molecule has 1 N–H and O–H groups in total. The van der Waals surface area contributed by atoms with E-state index in [1.54, 1.807) is 42.5 Å². The van der Waals surface area contributed by atoms with Gasteiger partial charge >= 0.3 is 6.18 Å². The molecule has 4 aromatic rings. The number of benzene rings is 3. The summed E-state index contributed by atoms with van der Waals surface area (Å²) >= 11 is 0. The summed E-state index contributed by atoms with van der Waals surface area (Å²) in [4.78, 5) is 0. The number of fused-ring (bicyclic) bond motifs is 1. The standard InChI is InChI=1S/C21H13F3O3/c22-21(23,24)15-3-7-17(8-4-15)26-18-9-10-19-14(11-18)12-20(27-19)13-1-5-16(25)6-2-13/h1-12,25H. The van der Waals surface area contributed by atoms with Crippen molar-refractivity contribution in [2.75, 3.05) is 0 Å². The van der Waals surface area contributed by atoms with Gasteiger partial charge in [0.15, 0.2) is 0 Å². The normalized spacial score (nSPS) is 11.7. The average Bonchev–Trinajstić information content (AvgIpc) is 3.05. The molecule has 4 rings (SSSR count). The Hall–Kier alpha value is -3.41. The van der Waals surface area contributed by atoms with Crippen molar-refractivity contribution in [2.24, 2.45) is 0 Å². The molecule has 6 heteroatoms. The Kier molecular flexibility index (Phi) is 4.03. The van der Waals surface area contributed by atoms with E-state index in [-0.39, 0.29) is 5.75 Å². The summed E-state index contributed by atoms with van der Waals surface area (Å²) in [5, 5.41) is 10.2. The minimum absolute atomic E-state index is 0.169. The van der Waals surface area contributed by atoms with Crippen molar-refractivity contribution in [3.05, 3.63) is 78.4 Å². The predicted molar refractivity (Wildman–Crippen MR) is 94.8 cm³/mol. The second-order valence-electron chi connectivity index (χ2n) is 5.98. The van der Waals surface area contributed by atoms with Crippen molar-refractivity contribution in [3.8, 4) is 28.6 Å². The number of halogens is 3. The first-order valence-electron chi connectivity index (χ1n) is 8.07. The topological polar surface area (TPSA) is 42.6 Å². The summed E-state index contributed by atoms with van der Waals surface area (Å²) in [6.07, 6.45) is -4.38. The minimum atomic E-state index is -4.38. The Labute approximate surface area is 152 Å². The zero-order valence-electron chi connectivity index (χ0n) is 13.8. The minimum Gasteiger partial charge on any atom is -0.508 e. The van der Waals surface area contributed by atoms with Gasteiger partial charge in [-0.15, -0.1) is 0 Å². The maximum atomic E-state index is 12.6. The van der Waals surface area contributed by atoms with Crippen molar-refractivity contribution in [2.45, 2.75) is 6.18 Å². The second-order valence-corrected chi connectivity index (χ2v) is 5.98. The molecule has 0 unspecified atom stereocenters. The van der Waals surface area contributed by atoms with Gasteiger partial charge < -0.3 is 14.3 Å². The van der Waals surface area contributed by atoms with E-state index in [1.807, 2.05) is 6.07 Å². The summed E-state index contributed by atoms with van der Waals surface area (Å²) in [5.74, 6) is 1.60. The van der Waals surface area contributed by atoms with E-state index in [0.29, 0.717) is 22.8 Å². The molecule has 0 saturated carbocycles. The number of ether oxygens (including phenoxy) is 1. The van der Waals surface area contributed by atoms with E-state index in [9.17, 15) is 18.3 Å². The molecule has 0 bridgehead atoms. The smallest absolute Gasteiger partial charge is 0.416 e. The second kappa shape index (κ2) is 6.39. The van der Waals surface area contributed by atoms with E-state index >= 15 is 0 Å². The first kappa shape index (κ1) is 17.0. The summed E-state index contributed by atoms with van der Waals surface area (Å²) in [7, 11) is 0. The number of rotatable bonds is 3. The van der Waals surface area contributed by atoms with Gasteiger partial charge in [0, 0.05) is 10.9 Å². The van der Waals surface area contributed by atoms with Gasteiger partial charge in [-0.1, -0.05) is 0 Å². The maximum absolute atomic E-state index is 12.6. The molecule has 0 aliphatic heterocycles. The van der Waals surface area contributed by atoms with Crippen LogP contribution in [0.5, 0.6) is 17.2 Å². The number of phenolic OH excluding ortho intramolecular Hbond substituents is 1. The summed E-state index contributed by atoms with van der Waals surface area (Å²) < 4.78 is 49.3. The van der Waals surface area contributed by atoms with Gasteiger partial charge in [-0.25, -0.2) is 0 Å². The van der Waals surface area contributed by atoms with Crippen LogP contribution in [0.3, 0.4) is 0 Å². The van der Waals surface area contributed by atoms with Crippen molar-refractivity contribution < 1.29 is 27.4 Å². The molecule has 0 atom stereocenters. The highest BCUT2D eigenvalue weighted by Gasteiger charge is 2.30. The van der Waals surface area contributed by atoms with Crippen LogP contribution in [-0.4, -0.2) is 5.11 Å². The highest BCUT2D eigenvalue weighted by molar-refractivity contribution is 5.84. The third-order valence-corrected chi connectivity index (χ3v) is 4.06. The van der Waals surface area contributed by atoms with Crippen LogP contribution >= 0.6 is 0 Å². The van der Waals surface area contributed by atoms with Gasteiger partial charge in [0.1, 0.15) is 28.6 Å². The molecular weight excluding hydrogens is 357 g/mol. The van der Waals surface area contributed by atoms with E-state index < -0.39 is 11.7 Å². The fourth-order valence-electron chi connectivity index (χ4n) is 2.70. The average molecular weight is 370 g/mol. The number of hydrogen-bond donors (Lipinski definition) is 1. The van der Waals surface area contributed by atoms with Crippen LogP contribution in [0.1, 0.15) is 5.56 Å². The predicted octanol–water partition coefficient (Wildman–Crippen LogP) is 6.62. The van der Waals surface area contributed by atoms with E-state index in [2.05, 4.69) is 0 Å². The maximum Gasteiger partial charge on any atom is 0.416 e. The molecule has 0 fully saturated rings. The van der Waals surface area contributed by atoms with Crippen molar-refractivity contribution in [1.82, 2.24) is 0 Å². The van der Waals surface area contributed by atoms with Crippen LogP contribution in [0.25, 0.3) is 22.3 Å². The van der Waals surface area contributed by atoms with Gasteiger partial charge in [-0.2, -0.15) is 13.2 Å². The first-order valence-corrected chi connectivity index (χ1v) is 8.07. The lowest BCUT2D eigenvalue weighted by atomic mass is 10.1. The molecule has 0 spiro atoms. The van der Waals surface area contributed by atoms with Crippen LogP contribution in [0.4, 0.5) is 13.2 Å². The van der Waals surface area contributed by atoms with Crippen molar-refractivity contribution in [3.63, 3.8) is 0 Å². The van der Waals surface area contributed by atoms with Crippen LogP contribution in [-0.2, 0) is 6.18 Å². The molecule has 136 valence electrons. The molecule has 0 aliphatic rings. The summed E-state index contributed by atoms with van der Waals surface area (Å²) in [6.45, 7) is 0. The Morgan fingerprint density at radius 2 is 1.44 bits per heavy atom. The number of phenols is 1. The molecule has 0 saturated heterocycles. The summed E-state index contributed by atoms with van der Waals surface area (Å²) in [5.41, 5.74) is 0.741. The molecule has 1 aromatic heterocycles. The molecule has 27 heavy (non-hydrogen) atoms. The monoisotopic (exact) mass is 370 g/mol. The number of furan rings is 1. The van der Waals surface area contributed by atoms with Gasteiger partial charge in [0.05, 0.1) is 5.56 Å². The third kappa shape index (κ3) is 3.60. The SMILES string of the molecule is Oc1ccc(-c2cc3cc(Oc4ccc(C(F)(F)F)cc4)ccc3o2)cc1.